The van der Waals surface area contributed by atoms with Crippen molar-refractivity contribution in [3.05, 3.63) is 57.6 Å². The zero-order valence-electron chi connectivity index (χ0n) is 17.4. The molecule has 3 amide bonds. The topological polar surface area (TPSA) is 73.8 Å². The van der Waals surface area contributed by atoms with Gasteiger partial charge in [-0.05, 0) is 92.6 Å². The molecular formula is C23H26N4O2S. The molecule has 1 atom stereocenters. The first-order chi connectivity index (χ1) is 14.5. The number of hydrogen-bond donors (Lipinski definition) is 2. The minimum absolute atomic E-state index is 0.160. The molecule has 3 aliphatic rings. The van der Waals surface area contributed by atoms with Crippen molar-refractivity contribution in [3.63, 3.8) is 0 Å². The molecule has 1 heterocycles. The summed E-state index contributed by atoms with van der Waals surface area (Å²) in [4.78, 5) is 28.2. The maximum atomic E-state index is 12.9. The van der Waals surface area contributed by atoms with Crippen molar-refractivity contribution in [1.29, 1.82) is 0 Å². The van der Waals surface area contributed by atoms with Crippen molar-refractivity contribution in [2.24, 2.45) is 4.36 Å². The van der Waals surface area contributed by atoms with E-state index in [0.717, 1.165) is 61.2 Å². The minimum atomic E-state index is -0.954. The Hall–Kier alpha value is -2.51. The monoisotopic (exact) mass is 422 g/mol. The second-order valence-electron chi connectivity index (χ2n) is 8.54. The lowest BCUT2D eigenvalue weighted by Gasteiger charge is -2.15. The Morgan fingerprint density at radius 3 is 2.47 bits per heavy atom. The Morgan fingerprint density at radius 2 is 1.80 bits per heavy atom. The zero-order valence-corrected chi connectivity index (χ0v) is 18.2. The largest absolute Gasteiger partial charge is 0.353 e. The zero-order chi connectivity index (χ0) is 20.8. The lowest BCUT2D eigenvalue weighted by molar-refractivity contribution is 0.0986. The van der Waals surface area contributed by atoms with Gasteiger partial charge in [0.15, 0.2) is 0 Å². The highest BCUT2D eigenvalue weighted by Crippen LogP contribution is 2.38. The second-order valence-corrected chi connectivity index (χ2v) is 9.94. The number of urea groups is 1. The summed E-state index contributed by atoms with van der Waals surface area (Å²) in [6.45, 7) is 0.760. The maximum Gasteiger partial charge on any atom is 0.353 e. The lowest BCUT2D eigenvalue weighted by atomic mass is 9.99. The molecule has 0 radical (unpaired) electrons. The summed E-state index contributed by atoms with van der Waals surface area (Å²) in [5.41, 5.74) is 8.00. The van der Waals surface area contributed by atoms with Crippen LogP contribution in [0.2, 0.25) is 0 Å². The van der Waals surface area contributed by atoms with Gasteiger partial charge in [0.2, 0.25) is 0 Å². The number of anilines is 1. The molecule has 0 saturated carbocycles. The van der Waals surface area contributed by atoms with E-state index in [0.29, 0.717) is 5.56 Å². The fourth-order valence-corrected chi connectivity index (χ4v) is 6.14. The van der Waals surface area contributed by atoms with Crippen LogP contribution in [-0.2, 0) is 43.1 Å². The molecule has 0 saturated heterocycles. The molecule has 7 heteroatoms. The molecule has 0 aromatic heterocycles. The third-order valence-electron chi connectivity index (χ3n) is 6.06. The number of rotatable bonds is 3. The van der Waals surface area contributed by atoms with Crippen molar-refractivity contribution < 1.29 is 9.59 Å². The molecule has 0 bridgehead atoms. The van der Waals surface area contributed by atoms with Crippen LogP contribution < -0.4 is 10.0 Å². The van der Waals surface area contributed by atoms with Gasteiger partial charge >= 0.3 is 6.03 Å². The number of hydrogen-bond acceptors (Lipinski definition) is 3. The van der Waals surface area contributed by atoms with Crippen molar-refractivity contribution in [3.8, 4) is 0 Å². The smallest absolute Gasteiger partial charge is 0.305 e. The molecule has 0 spiro atoms. The van der Waals surface area contributed by atoms with Gasteiger partial charge < -0.3 is 10.2 Å². The summed E-state index contributed by atoms with van der Waals surface area (Å²) in [6.07, 6.45) is 6.48. The van der Waals surface area contributed by atoms with Crippen molar-refractivity contribution in [2.45, 2.75) is 50.0 Å². The number of aryl methyl sites for hydroxylation is 2. The minimum Gasteiger partial charge on any atom is -0.305 e. The summed E-state index contributed by atoms with van der Waals surface area (Å²) in [6, 6.07) is 7.80. The van der Waals surface area contributed by atoms with Crippen molar-refractivity contribution in [1.82, 2.24) is 9.62 Å². The van der Waals surface area contributed by atoms with E-state index in [2.05, 4.69) is 25.4 Å². The van der Waals surface area contributed by atoms with E-state index in [9.17, 15) is 9.59 Å². The Labute approximate surface area is 179 Å². The molecule has 2 N–H and O–H groups in total. The summed E-state index contributed by atoms with van der Waals surface area (Å²) in [5, 5.41) is 3.10. The summed E-state index contributed by atoms with van der Waals surface area (Å²) >= 11 is 0. The van der Waals surface area contributed by atoms with Crippen molar-refractivity contribution >= 4 is 28.5 Å². The van der Waals surface area contributed by atoms with Gasteiger partial charge in [0, 0.05) is 23.1 Å². The van der Waals surface area contributed by atoms with Gasteiger partial charge in [-0.1, -0.05) is 12.1 Å². The summed E-state index contributed by atoms with van der Waals surface area (Å²) < 4.78 is 7.21. The third kappa shape index (κ3) is 3.46. The second kappa shape index (κ2) is 7.63. The van der Waals surface area contributed by atoms with E-state index in [4.69, 9.17) is 0 Å². The first-order valence-corrected chi connectivity index (χ1v) is 11.7. The van der Waals surface area contributed by atoms with Gasteiger partial charge in [0.25, 0.3) is 5.91 Å². The Balaban J connectivity index is 1.43. The number of amides is 3. The molecule has 5 rings (SSSR count). The van der Waals surface area contributed by atoms with Crippen LogP contribution in [0.15, 0.2) is 33.5 Å². The Kier molecular flexibility index (Phi) is 4.95. The van der Waals surface area contributed by atoms with Crippen LogP contribution in [0.1, 0.15) is 51.0 Å². The molecule has 1 aliphatic heterocycles. The maximum absolute atomic E-state index is 12.9. The summed E-state index contributed by atoms with van der Waals surface area (Å²) in [5.74, 6) is -0.160. The van der Waals surface area contributed by atoms with Gasteiger partial charge in [-0.3, -0.25) is 9.52 Å². The predicted octanol–water partition coefficient (Wildman–Crippen LogP) is 3.78. The normalized spacial score (nSPS) is 19.0. The molecule has 2 aliphatic carbocycles. The highest BCUT2D eigenvalue weighted by molar-refractivity contribution is 7.87. The van der Waals surface area contributed by atoms with Crippen LogP contribution in [0.3, 0.4) is 0 Å². The molecule has 6 nitrogen and oxygen atoms in total. The standard InChI is InChI=1S/C23H26N4O2S/c1-27(2)13-14-9-10-20-19(11-14)22(28)25-30(20)26-23(29)24-21-17-7-3-5-15(17)12-16-6-4-8-18(16)21/h9-12H,3-8,13H2,1-2H3,(H2,24,25,26,28,29). The fraction of sp³-hybridized carbons (Fsp3) is 0.391. The number of carbonyl (C=O) groups excluding carboxylic acids is 2. The molecular weight excluding hydrogens is 396 g/mol. The van der Waals surface area contributed by atoms with Crippen LogP contribution in [0.5, 0.6) is 0 Å². The van der Waals surface area contributed by atoms with Crippen LogP contribution in [0, 0.1) is 0 Å². The van der Waals surface area contributed by atoms with Gasteiger partial charge in [0.05, 0.1) is 10.5 Å². The number of carbonyl (C=O) groups is 2. The van der Waals surface area contributed by atoms with Gasteiger partial charge in [-0.25, -0.2) is 4.79 Å². The highest BCUT2D eigenvalue weighted by atomic mass is 32.2. The molecule has 156 valence electrons. The molecule has 0 fully saturated rings. The van der Waals surface area contributed by atoms with E-state index in [1.807, 2.05) is 32.3 Å². The number of fused-ring (bicyclic) bond motifs is 3. The van der Waals surface area contributed by atoms with E-state index in [1.165, 1.54) is 22.3 Å². The number of benzene rings is 2. The van der Waals surface area contributed by atoms with Gasteiger partial charge in [-0.2, -0.15) is 0 Å². The Bertz CT molecular complexity index is 1070. The van der Waals surface area contributed by atoms with Crippen molar-refractivity contribution in [2.75, 3.05) is 19.4 Å². The van der Waals surface area contributed by atoms with E-state index >= 15 is 0 Å². The number of nitrogens with zero attached hydrogens (tertiary/aromatic N) is 2. The van der Waals surface area contributed by atoms with Crippen LogP contribution in [0.4, 0.5) is 10.5 Å². The highest BCUT2D eigenvalue weighted by Gasteiger charge is 2.27. The quantitative estimate of drug-likeness (QED) is 0.791. The molecule has 30 heavy (non-hydrogen) atoms. The van der Waals surface area contributed by atoms with Crippen LogP contribution >= 0.6 is 0 Å². The Morgan fingerprint density at radius 1 is 1.10 bits per heavy atom. The van der Waals surface area contributed by atoms with Gasteiger partial charge in [-0.15, -0.1) is 4.36 Å². The third-order valence-corrected chi connectivity index (χ3v) is 7.56. The van der Waals surface area contributed by atoms with Crippen LogP contribution in [-0.4, -0.2) is 30.9 Å². The number of nitrogens with one attached hydrogen (secondary N) is 2. The first-order valence-electron chi connectivity index (χ1n) is 10.5. The van der Waals surface area contributed by atoms with E-state index in [-0.39, 0.29) is 11.9 Å². The lowest BCUT2D eigenvalue weighted by Crippen LogP contribution is -2.19. The fourth-order valence-electron chi connectivity index (χ4n) is 4.84. The molecule has 1 unspecified atom stereocenters. The average Bonchev–Trinajstić information content (AvgIpc) is 3.41. The first kappa shape index (κ1) is 19.5. The predicted molar refractivity (Wildman–Crippen MR) is 119 cm³/mol. The molecule has 2 aromatic rings. The van der Waals surface area contributed by atoms with E-state index in [1.54, 1.807) is 0 Å². The molecule has 2 aromatic carbocycles. The van der Waals surface area contributed by atoms with Gasteiger partial charge in [0.1, 0.15) is 0 Å². The van der Waals surface area contributed by atoms with Crippen LogP contribution in [0.25, 0.3) is 0 Å². The average molecular weight is 423 g/mol. The van der Waals surface area contributed by atoms with E-state index < -0.39 is 10.9 Å². The summed E-state index contributed by atoms with van der Waals surface area (Å²) in [7, 11) is 3.04. The SMILES string of the molecule is CN(C)Cc1ccc2c(c1)C(=O)NS2=NC(=O)Nc1c2c(cc3c1CCC3)CCC2.